The van der Waals surface area contributed by atoms with Crippen LogP contribution in [0.15, 0.2) is 54.6 Å². The first kappa shape index (κ1) is 15.1. The van der Waals surface area contributed by atoms with Gasteiger partial charge in [0.1, 0.15) is 0 Å². The summed E-state index contributed by atoms with van der Waals surface area (Å²) in [5.74, 6) is -0.983. The Labute approximate surface area is 125 Å². The van der Waals surface area contributed by atoms with Crippen LogP contribution in [-0.2, 0) is 10.3 Å². The van der Waals surface area contributed by atoms with E-state index in [0.29, 0.717) is 0 Å². The van der Waals surface area contributed by atoms with Crippen molar-refractivity contribution in [3.8, 4) is 0 Å². The van der Waals surface area contributed by atoms with E-state index in [2.05, 4.69) is 5.32 Å². The molecule has 0 aliphatic heterocycles. The van der Waals surface area contributed by atoms with Gasteiger partial charge in [-0.2, -0.15) is 0 Å². The molecular formula is C18H21NO2. The molecule has 2 N–H and O–H groups in total. The molecule has 2 aromatic rings. The van der Waals surface area contributed by atoms with Gasteiger partial charge in [0.2, 0.25) is 0 Å². The summed E-state index contributed by atoms with van der Waals surface area (Å²) in [6, 6.07) is 17.1. The van der Waals surface area contributed by atoms with Crippen molar-refractivity contribution in [2.75, 3.05) is 5.32 Å². The van der Waals surface area contributed by atoms with E-state index < -0.39 is 11.5 Å². The van der Waals surface area contributed by atoms with Gasteiger partial charge in [0.25, 0.3) is 0 Å². The van der Waals surface area contributed by atoms with E-state index >= 15 is 0 Å². The Morgan fingerprint density at radius 2 is 1.76 bits per heavy atom. The lowest BCUT2D eigenvalue weighted by molar-refractivity contribution is -0.144. The molecule has 3 nitrogen and oxygen atoms in total. The summed E-state index contributed by atoms with van der Waals surface area (Å²) in [5.41, 5.74) is 1.52. The highest BCUT2D eigenvalue weighted by Crippen LogP contribution is 2.34. The number of hydrogen-bond donors (Lipinski definition) is 2. The maximum atomic E-state index is 12.1. The fraction of sp³-hybridized carbons (Fsp3) is 0.278. The van der Waals surface area contributed by atoms with Gasteiger partial charge in [0.15, 0.2) is 5.54 Å². The van der Waals surface area contributed by atoms with E-state index in [0.717, 1.165) is 16.8 Å². The molecule has 1 unspecified atom stereocenters. The Hall–Kier alpha value is -2.29. The molecule has 0 aromatic heterocycles. The van der Waals surface area contributed by atoms with Crippen LogP contribution in [0.5, 0.6) is 0 Å². The molecule has 3 heteroatoms. The van der Waals surface area contributed by atoms with Crippen molar-refractivity contribution < 1.29 is 9.90 Å². The summed E-state index contributed by atoms with van der Waals surface area (Å²) in [4.78, 5) is 12.1. The molecule has 0 saturated heterocycles. The summed E-state index contributed by atoms with van der Waals surface area (Å²) in [6.07, 6.45) is 0. The number of anilines is 1. The Morgan fingerprint density at radius 1 is 1.10 bits per heavy atom. The fourth-order valence-electron chi connectivity index (χ4n) is 2.63. The normalized spacial score (nSPS) is 13.7. The highest BCUT2D eigenvalue weighted by Gasteiger charge is 2.43. The minimum atomic E-state index is -1.14. The molecule has 0 bridgehead atoms. The summed E-state index contributed by atoms with van der Waals surface area (Å²) in [7, 11) is 0. The lowest BCUT2D eigenvalue weighted by Crippen LogP contribution is -2.48. The van der Waals surface area contributed by atoms with E-state index in [1.807, 2.05) is 75.4 Å². The average molecular weight is 283 g/mol. The molecule has 0 fully saturated rings. The average Bonchev–Trinajstić information content (AvgIpc) is 2.45. The zero-order valence-corrected chi connectivity index (χ0v) is 12.6. The van der Waals surface area contributed by atoms with Crippen LogP contribution in [0, 0.1) is 12.8 Å². The van der Waals surface area contributed by atoms with Crippen LogP contribution in [0.4, 0.5) is 5.69 Å². The summed E-state index contributed by atoms with van der Waals surface area (Å²) < 4.78 is 0. The number of carboxylic acid groups (broad SMARTS) is 1. The summed E-state index contributed by atoms with van der Waals surface area (Å²) in [6.45, 7) is 5.83. The van der Waals surface area contributed by atoms with Crippen molar-refractivity contribution in [1.82, 2.24) is 0 Å². The van der Waals surface area contributed by atoms with Gasteiger partial charge in [-0.15, -0.1) is 0 Å². The smallest absolute Gasteiger partial charge is 0.334 e. The van der Waals surface area contributed by atoms with E-state index in [1.165, 1.54) is 0 Å². The van der Waals surface area contributed by atoms with Gasteiger partial charge in [0, 0.05) is 5.69 Å². The van der Waals surface area contributed by atoms with Crippen LogP contribution in [0.1, 0.15) is 25.0 Å². The predicted octanol–water partition coefficient (Wildman–Crippen LogP) is 4.04. The first-order valence-electron chi connectivity index (χ1n) is 7.10. The highest BCUT2D eigenvalue weighted by atomic mass is 16.4. The van der Waals surface area contributed by atoms with E-state index in [4.69, 9.17) is 0 Å². The summed E-state index contributed by atoms with van der Waals surface area (Å²) >= 11 is 0. The third-order valence-corrected chi connectivity index (χ3v) is 3.79. The zero-order chi connectivity index (χ0) is 15.5. The van der Waals surface area contributed by atoms with E-state index in [1.54, 1.807) is 0 Å². The van der Waals surface area contributed by atoms with E-state index in [-0.39, 0.29) is 5.92 Å². The second kappa shape index (κ2) is 6.00. The van der Waals surface area contributed by atoms with Crippen molar-refractivity contribution in [1.29, 1.82) is 0 Å². The van der Waals surface area contributed by atoms with Crippen molar-refractivity contribution in [3.05, 3.63) is 65.7 Å². The minimum absolute atomic E-state index is 0.113. The molecule has 0 aliphatic rings. The van der Waals surface area contributed by atoms with Crippen LogP contribution in [0.25, 0.3) is 0 Å². The maximum absolute atomic E-state index is 12.1. The van der Waals surface area contributed by atoms with Crippen molar-refractivity contribution >= 4 is 11.7 Å². The van der Waals surface area contributed by atoms with Crippen LogP contribution in [0.2, 0.25) is 0 Å². The minimum Gasteiger partial charge on any atom is -0.479 e. The third-order valence-electron chi connectivity index (χ3n) is 3.79. The quantitative estimate of drug-likeness (QED) is 0.870. The number of benzene rings is 2. The molecule has 110 valence electrons. The van der Waals surface area contributed by atoms with Gasteiger partial charge >= 0.3 is 5.97 Å². The topological polar surface area (TPSA) is 49.3 Å². The molecule has 0 amide bonds. The van der Waals surface area contributed by atoms with Gasteiger partial charge in [-0.25, -0.2) is 4.79 Å². The van der Waals surface area contributed by atoms with Gasteiger partial charge in [0.05, 0.1) is 0 Å². The molecule has 21 heavy (non-hydrogen) atoms. The van der Waals surface area contributed by atoms with Gasteiger partial charge in [-0.05, 0) is 36.1 Å². The number of hydrogen-bond acceptors (Lipinski definition) is 2. The van der Waals surface area contributed by atoms with Crippen LogP contribution in [-0.4, -0.2) is 11.1 Å². The van der Waals surface area contributed by atoms with Gasteiger partial charge in [-0.1, -0.05) is 56.3 Å². The Morgan fingerprint density at radius 3 is 2.29 bits per heavy atom. The number of aryl methyl sites for hydroxylation is 1. The molecule has 2 aromatic carbocycles. The first-order chi connectivity index (χ1) is 9.96. The predicted molar refractivity (Wildman–Crippen MR) is 85.4 cm³/mol. The largest absolute Gasteiger partial charge is 0.479 e. The molecule has 0 heterocycles. The fourth-order valence-corrected chi connectivity index (χ4v) is 2.63. The highest BCUT2D eigenvalue weighted by molar-refractivity contribution is 5.85. The molecule has 2 rings (SSSR count). The number of aliphatic carboxylic acids is 1. The molecule has 0 spiro atoms. The van der Waals surface area contributed by atoms with Crippen LogP contribution in [0.3, 0.4) is 0 Å². The second-order valence-electron chi connectivity index (χ2n) is 5.63. The standard InChI is InChI=1S/C18H21NO2/c1-13(2)18(17(20)21,15-9-5-4-6-10-15)19-16-11-7-8-14(3)12-16/h4-13,19H,1-3H3,(H,20,21). The SMILES string of the molecule is Cc1cccc(NC(C(=O)O)(c2ccccc2)C(C)C)c1. The van der Waals surface area contributed by atoms with Crippen LogP contribution >= 0.6 is 0 Å². The molecule has 1 atom stereocenters. The van der Waals surface area contributed by atoms with E-state index in [9.17, 15) is 9.90 Å². The summed E-state index contributed by atoms with van der Waals surface area (Å²) in [5, 5.41) is 13.2. The Bertz CT molecular complexity index is 622. The van der Waals surface area contributed by atoms with Gasteiger partial charge < -0.3 is 10.4 Å². The lowest BCUT2D eigenvalue weighted by atomic mass is 9.79. The van der Waals surface area contributed by atoms with Crippen molar-refractivity contribution in [3.63, 3.8) is 0 Å². The Balaban J connectivity index is 2.53. The monoisotopic (exact) mass is 283 g/mol. The van der Waals surface area contributed by atoms with Crippen molar-refractivity contribution in [2.45, 2.75) is 26.3 Å². The first-order valence-corrected chi connectivity index (χ1v) is 7.10. The van der Waals surface area contributed by atoms with Crippen LogP contribution < -0.4 is 5.32 Å². The number of rotatable bonds is 5. The third kappa shape index (κ3) is 2.92. The second-order valence-corrected chi connectivity index (χ2v) is 5.63. The number of carboxylic acids is 1. The zero-order valence-electron chi connectivity index (χ0n) is 12.6. The lowest BCUT2D eigenvalue weighted by Gasteiger charge is -2.36. The Kier molecular flexibility index (Phi) is 4.32. The molecular weight excluding hydrogens is 262 g/mol. The molecule has 0 saturated carbocycles. The maximum Gasteiger partial charge on any atom is 0.334 e. The van der Waals surface area contributed by atoms with Crippen molar-refractivity contribution in [2.24, 2.45) is 5.92 Å². The molecule has 0 radical (unpaired) electrons. The molecule has 0 aliphatic carbocycles. The number of carbonyl (C=O) groups is 1. The number of nitrogens with one attached hydrogen (secondary N) is 1. The van der Waals surface area contributed by atoms with Gasteiger partial charge in [-0.3, -0.25) is 0 Å².